The maximum atomic E-state index is 12.9. The van der Waals surface area contributed by atoms with E-state index in [0.717, 1.165) is 24.9 Å². The Morgan fingerprint density at radius 3 is 2.52 bits per heavy atom. The topological polar surface area (TPSA) is 46.6 Å². The zero-order chi connectivity index (χ0) is 16.4. The summed E-state index contributed by atoms with van der Waals surface area (Å²) in [5.74, 6) is 0.156. The van der Waals surface area contributed by atoms with Gasteiger partial charge >= 0.3 is 5.97 Å². The van der Waals surface area contributed by atoms with Gasteiger partial charge in [0.05, 0.1) is 19.6 Å². The number of amides is 1. The van der Waals surface area contributed by atoms with Crippen LogP contribution in [0.25, 0.3) is 0 Å². The number of piperidine rings is 1. The monoisotopic (exact) mass is 335 g/mol. The molecule has 0 N–H and O–H groups in total. The van der Waals surface area contributed by atoms with Crippen LogP contribution in [0.2, 0.25) is 5.02 Å². The van der Waals surface area contributed by atoms with Gasteiger partial charge in [-0.2, -0.15) is 0 Å². The Kier molecular flexibility index (Phi) is 4.90. The lowest BCUT2D eigenvalue weighted by Crippen LogP contribution is -2.45. The highest BCUT2D eigenvalue weighted by molar-refractivity contribution is 6.30. The van der Waals surface area contributed by atoms with E-state index in [9.17, 15) is 9.59 Å². The summed E-state index contributed by atoms with van der Waals surface area (Å²) < 4.78 is 4.73. The molecule has 1 aliphatic carbocycles. The Bertz CT molecular complexity index is 582. The number of carbonyl (C=O) groups is 2. The van der Waals surface area contributed by atoms with Crippen LogP contribution in [0, 0.1) is 11.8 Å². The molecule has 1 heterocycles. The first-order valence-corrected chi connectivity index (χ1v) is 8.59. The number of methoxy groups -OCH3 is 1. The average molecular weight is 336 g/mol. The molecule has 124 valence electrons. The number of ether oxygens (including phenoxy) is 1. The highest BCUT2D eigenvalue weighted by Crippen LogP contribution is 2.39. The lowest BCUT2D eigenvalue weighted by atomic mass is 9.86. The number of rotatable bonds is 5. The van der Waals surface area contributed by atoms with E-state index in [2.05, 4.69) is 0 Å². The van der Waals surface area contributed by atoms with Crippen LogP contribution in [0.3, 0.4) is 0 Å². The minimum atomic E-state index is -0.306. The first kappa shape index (κ1) is 16.3. The summed E-state index contributed by atoms with van der Waals surface area (Å²) in [4.78, 5) is 26.4. The largest absolute Gasteiger partial charge is 0.469 e. The Morgan fingerprint density at radius 1 is 1.22 bits per heavy atom. The van der Waals surface area contributed by atoms with E-state index in [1.165, 1.54) is 20.0 Å². The molecular weight excluding hydrogens is 314 g/mol. The second kappa shape index (κ2) is 6.91. The summed E-state index contributed by atoms with van der Waals surface area (Å²) in [5, 5.41) is 0.702. The molecule has 0 aromatic heterocycles. The third-order valence-corrected chi connectivity index (χ3v) is 5.10. The Labute approximate surface area is 141 Å². The molecular formula is C18H22ClNO3. The third-order valence-electron chi connectivity index (χ3n) is 4.84. The molecule has 1 saturated carbocycles. The van der Waals surface area contributed by atoms with E-state index in [1.807, 2.05) is 29.2 Å². The number of nitrogens with zero attached hydrogens (tertiary/aromatic N) is 1. The van der Waals surface area contributed by atoms with E-state index in [4.69, 9.17) is 16.3 Å². The summed E-state index contributed by atoms with van der Waals surface area (Å²) in [6.45, 7) is 0.795. The summed E-state index contributed by atoms with van der Waals surface area (Å²) in [6, 6.07) is 7.84. The van der Waals surface area contributed by atoms with Crippen LogP contribution in [-0.2, 0) is 14.3 Å². The summed E-state index contributed by atoms with van der Waals surface area (Å²) >= 11 is 5.97. The maximum Gasteiger partial charge on any atom is 0.306 e. The lowest BCUT2D eigenvalue weighted by Gasteiger charge is -2.39. The smallest absolute Gasteiger partial charge is 0.306 e. The zero-order valence-electron chi connectivity index (χ0n) is 13.3. The molecule has 3 rings (SSSR count). The molecule has 0 radical (unpaired) electrons. The highest BCUT2D eigenvalue weighted by Gasteiger charge is 2.39. The molecule has 2 fully saturated rings. The van der Waals surface area contributed by atoms with Gasteiger partial charge in [-0.25, -0.2) is 0 Å². The Balaban J connectivity index is 1.78. The predicted octanol–water partition coefficient (Wildman–Crippen LogP) is 3.59. The van der Waals surface area contributed by atoms with Crippen LogP contribution >= 0.6 is 11.6 Å². The van der Waals surface area contributed by atoms with Gasteiger partial charge in [-0.1, -0.05) is 23.7 Å². The molecule has 1 aromatic carbocycles. The quantitative estimate of drug-likeness (QED) is 0.772. The molecule has 1 unspecified atom stereocenters. The number of carbonyl (C=O) groups excluding carboxylic acids is 2. The number of benzene rings is 1. The molecule has 2 atom stereocenters. The predicted molar refractivity (Wildman–Crippen MR) is 88.0 cm³/mol. The molecule has 5 heteroatoms. The van der Waals surface area contributed by atoms with Crippen molar-refractivity contribution in [2.75, 3.05) is 13.7 Å². The summed E-state index contributed by atoms with van der Waals surface area (Å²) in [7, 11) is 1.37. The lowest BCUT2D eigenvalue weighted by molar-refractivity contribution is -0.150. The number of likely N-dealkylation sites (tertiary alicyclic amines) is 1. The van der Waals surface area contributed by atoms with Crippen LogP contribution in [0.15, 0.2) is 24.3 Å². The SMILES string of the molecule is COC(=O)CC1CC[C@@H](c2ccc(Cl)cc2)N(CC2CC2)C1=O. The standard InChI is InChI=1S/C18H22ClNO3/c1-23-17(21)10-14-6-9-16(13-4-7-15(19)8-5-13)20(18(14)22)11-12-2-3-12/h4-5,7-8,12,14,16H,2-3,6,9-11H2,1H3/t14?,16-/m0/s1. The van der Waals surface area contributed by atoms with Gasteiger partial charge in [-0.3, -0.25) is 9.59 Å². The van der Waals surface area contributed by atoms with Crippen molar-refractivity contribution in [2.45, 2.75) is 38.1 Å². The van der Waals surface area contributed by atoms with Gasteiger partial charge in [0.25, 0.3) is 0 Å². The van der Waals surface area contributed by atoms with E-state index >= 15 is 0 Å². The molecule has 23 heavy (non-hydrogen) atoms. The fourth-order valence-electron chi connectivity index (χ4n) is 3.33. The van der Waals surface area contributed by atoms with Gasteiger partial charge in [0.2, 0.25) is 5.91 Å². The second-order valence-electron chi connectivity index (χ2n) is 6.56. The van der Waals surface area contributed by atoms with Gasteiger partial charge in [0.1, 0.15) is 0 Å². The molecule has 2 aliphatic rings. The van der Waals surface area contributed by atoms with Crippen LogP contribution in [0.1, 0.15) is 43.7 Å². The number of hydrogen-bond acceptors (Lipinski definition) is 3. The van der Waals surface area contributed by atoms with Crippen molar-refractivity contribution in [3.8, 4) is 0 Å². The van der Waals surface area contributed by atoms with Gasteiger partial charge in [0.15, 0.2) is 0 Å². The third kappa shape index (κ3) is 3.86. The van der Waals surface area contributed by atoms with Crippen molar-refractivity contribution in [2.24, 2.45) is 11.8 Å². The first-order valence-electron chi connectivity index (χ1n) is 8.21. The van der Waals surface area contributed by atoms with E-state index < -0.39 is 0 Å². The average Bonchev–Trinajstić information content (AvgIpc) is 3.36. The van der Waals surface area contributed by atoms with Crippen LogP contribution in [0.4, 0.5) is 0 Å². The van der Waals surface area contributed by atoms with E-state index in [1.54, 1.807) is 0 Å². The fourth-order valence-corrected chi connectivity index (χ4v) is 3.45. The molecule has 0 spiro atoms. The molecule has 1 amide bonds. The first-order chi connectivity index (χ1) is 11.1. The molecule has 0 bridgehead atoms. The van der Waals surface area contributed by atoms with Crippen LogP contribution in [0.5, 0.6) is 0 Å². The van der Waals surface area contributed by atoms with Crippen molar-refractivity contribution >= 4 is 23.5 Å². The van der Waals surface area contributed by atoms with Gasteiger partial charge < -0.3 is 9.64 Å². The normalized spacial score (nSPS) is 24.6. The molecule has 1 aliphatic heterocycles. The summed E-state index contributed by atoms with van der Waals surface area (Å²) in [6.07, 6.45) is 4.17. The van der Waals surface area contributed by atoms with Crippen molar-refractivity contribution in [1.29, 1.82) is 0 Å². The number of hydrogen-bond donors (Lipinski definition) is 0. The molecule has 1 saturated heterocycles. The minimum absolute atomic E-state index is 0.0912. The Morgan fingerprint density at radius 2 is 1.91 bits per heavy atom. The van der Waals surface area contributed by atoms with Crippen molar-refractivity contribution < 1.29 is 14.3 Å². The van der Waals surface area contributed by atoms with E-state index in [-0.39, 0.29) is 30.3 Å². The van der Waals surface area contributed by atoms with Gasteiger partial charge in [-0.05, 0) is 49.3 Å². The van der Waals surface area contributed by atoms with Crippen LogP contribution < -0.4 is 0 Å². The zero-order valence-corrected chi connectivity index (χ0v) is 14.1. The molecule has 4 nitrogen and oxygen atoms in total. The fraction of sp³-hybridized carbons (Fsp3) is 0.556. The van der Waals surface area contributed by atoms with Gasteiger partial charge in [-0.15, -0.1) is 0 Å². The number of halogens is 1. The van der Waals surface area contributed by atoms with Gasteiger partial charge in [0, 0.05) is 17.5 Å². The second-order valence-corrected chi connectivity index (χ2v) is 6.99. The summed E-state index contributed by atoms with van der Waals surface area (Å²) in [5.41, 5.74) is 1.12. The maximum absolute atomic E-state index is 12.9. The van der Waals surface area contributed by atoms with Crippen molar-refractivity contribution in [1.82, 2.24) is 4.90 Å². The molecule has 1 aromatic rings. The highest BCUT2D eigenvalue weighted by atomic mass is 35.5. The van der Waals surface area contributed by atoms with Crippen molar-refractivity contribution in [3.05, 3.63) is 34.9 Å². The van der Waals surface area contributed by atoms with Crippen molar-refractivity contribution in [3.63, 3.8) is 0 Å². The van der Waals surface area contributed by atoms with E-state index in [0.29, 0.717) is 10.9 Å². The Hall–Kier alpha value is -1.55. The van der Waals surface area contributed by atoms with Crippen LogP contribution in [-0.4, -0.2) is 30.4 Å². The number of esters is 1. The minimum Gasteiger partial charge on any atom is -0.469 e.